The molecule has 25 heavy (non-hydrogen) atoms. The minimum absolute atomic E-state index is 0.0536. The van der Waals surface area contributed by atoms with Crippen molar-refractivity contribution in [3.63, 3.8) is 0 Å². The number of hydrogen-bond acceptors (Lipinski definition) is 4. The van der Waals surface area contributed by atoms with Gasteiger partial charge in [-0.15, -0.1) is 11.6 Å². The lowest BCUT2D eigenvalue weighted by Gasteiger charge is -2.23. The van der Waals surface area contributed by atoms with E-state index in [0.29, 0.717) is 18.8 Å². The molecule has 1 aromatic rings. The van der Waals surface area contributed by atoms with Crippen LogP contribution in [0.4, 0.5) is 20.6 Å². The van der Waals surface area contributed by atoms with E-state index in [9.17, 15) is 9.18 Å². The number of alkyl halides is 1. The minimum atomic E-state index is -0.541. The number of alkyl carbamates (subject to hydrolysis) is 1. The Morgan fingerprint density at radius 3 is 2.88 bits per heavy atom. The number of aliphatic imine (C=N–C) groups is 1. The first-order chi connectivity index (χ1) is 11.7. The van der Waals surface area contributed by atoms with Gasteiger partial charge in [-0.25, -0.2) is 14.2 Å². The van der Waals surface area contributed by atoms with E-state index in [0.717, 1.165) is 12.1 Å². The lowest BCUT2D eigenvalue weighted by Crippen LogP contribution is -2.40. The van der Waals surface area contributed by atoms with E-state index in [1.165, 1.54) is 12.1 Å². The molecule has 6 nitrogen and oxygen atoms in total. The van der Waals surface area contributed by atoms with Crippen LogP contribution in [0.3, 0.4) is 0 Å². The van der Waals surface area contributed by atoms with Crippen molar-refractivity contribution in [3.05, 3.63) is 24.0 Å². The normalized spacial score (nSPS) is 18.4. The zero-order valence-electron chi connectivity index (χ0n) is 14.7. The molecule has 1 amide bonds. The monoisotopic (exact) mass is 370 g/mol. The molecule has 0 spiro atoms. The van der Waals surface area contributed by atoms with Crippen LogP contribution >= 0.6 is 11.6 Å². The number of benzene rings is 1. The average molecular weight is 371 g/mol. The third-order valence-electron chi connectivity index (χ3n) is 3.59. The van der Waals surface area contributed by atoms with Crippen LogP contribution in [0.1, 0.15) is 27.2 Å². The van der Waals surface area contributed by atoms with Gasteiger partial charge in [0.2, 0.25) is 0 Å². The van der Waals surface area contributed by atoms with Gasteiger partial charge in [0.15, 0.2) is 0 Å². The average Bonchev–Trinajstić information content (AvgIpc) is 2.93. The summed E-state index contributed by atoms with van der Waals surface area (Å²) in [7, 11) is 0. The first-order valence-corrected chi connectivity index (χ1v) is 8.64. The molecule has 1 aliphatic heterocycles. The third-order valence-corrected chi connectivity index (χ3v) is 3.86. The van der Waals surface area contributed by atoms with E-state index in [1.807, 2.05) is 25.7 Å². The molecule has 0 aromatic heterocycles. The van der Waals surface area contributed by atoms with E-state index >= 15 is 0 Å². The van der Waals surface area contributed by atoms with Crippen LogP contribution in [0, 0.1) is 5.82 Å². The van der Waals surface area contributed by atoms with Gasteiger partial charge in [-0.3, -0.25) is 0 Å². The lowest BCUT2D eigenvalue weighted by atomic mass is 10.2. The SMILES string of the molecule is CC(C)(C)OC(=O)NC1CCN(c2ccc(F)cc2N=C(N)CCl)C1. The van der Waals surface area contributed by atoms with Crippen molar-refractivity contribution in [2.24, 2.45) is 10.7 Å². The van der Waals surface area contributed by atoms with Crippen LogP contribution < -0.4 is 16.0 Å². The Bertz CT molecular complexity index is 661. The molecule has 2 rings (SSSR count). The zero-order valence-corrected chi connectivity index (χ0v) is 15.4. The number of anilines is 1. The molecule has 0 bridgehead atoms. The number of nitrogens with one attached hydrogen (secondary N) is 1. The van der Waals surface area contributed by atoms with Crippen molar-refractivity contribution in [2.45, 2.75) is 38.8 Å². The number of rotatable bonds is 4. The number of nitrogens with two attached hydrogens (primary N) is 1. The van der Waals surface area contributed by atoms with Gasteiger partial charge in [0, 0.05) is 19.2 Å². The molecular weight excluding hydrogens is 347 g/mol. The molecular formula is C17H24ClFN4O2. The van der Waals surface area contributed by atoms with E-state index in [1.54, 1.807) is 6.07 Å². The Labute approximate surface area is 152 Å². The predicted molar refractivity (Wildman–Crippen MR) is 98.4 cm³/mol. The third kappa shape index (κ3) is 5.77. The second kappa shape index (κ2) is 7.91. The van der Waals surface area contributed by atoms with Crippen LogP contribution in [0.15, 0.2) is 23.2 Å². The van der Waals surface area contributed by atoms with Crippen molar-refractivity contribution in [1.82, 2.24) is 5.32 Å². The molecule has 1 heterocycles. The number of amidine groups is 1. The Morgan fingerprint density at radius 2 is 2.24 bits per heavy atom. The highest BCUT2D eigenvalue weighted by molar-refractivity contribution is 6.28. The molecule has 1 saturated heterocycles. The summed E-state index contributed by atoms with van der Waals surface area (Å²) >= 11 is 5.66. The zero-order chi connectivity index (χ0) is 18.6. The number of nitrogens with zero attached hydrogens (tertiary/aromatic N) is 2. The van der Waals surface area contributed by atoms with Gasteiger partial charge in [-0.1, -0.05) is 0 Å². The smallest absolute Gasteiger partial charge is 0.407 e. The van der Waals surface area contributed by atoms with Crippen molar-refractivity contribution in [1.29, 1.82) is 0 Å². The maximum Gasteiger partial charge on any atom is 0.407 e. The summed E-state index contributed by atoms with van der Waals surface area (Å²) in [6.07, 6.45) is 0.313. The van der Waals surface area contributed by atoms with Gasteiger partial charge in [0.1, 0.15) is 17.3 Å². The predicted octanol–water partition coefficient (Wildman–Crippen LogP) is 3.16. The number of halogens is 2. The van der Waals surface area contributed by atoms with Gasteiger partial charge in [-0.2, -0.15) is 0 Å². The molecule has 0 saturated carbocycles. The topological polar surface area (TPSA) is 80.0 Å². The first kappa shape index (κ1) is 19.3. The largest absolute Gasteiger partial charge is 0.444 e. The van der Waals surface area contributed by atoms with Gasteiger partial charge < -0.3 is 20.7 Å². The Morgan fingerprint density at radius 1 is 1.52 bits per heavy atom. The minimum Gasteiger partial charge on any atom is -0.444 e. The standard InChI is InChI=1S/C17H24ClFN4O2/c1-17(2,3)25-16(24)21-12-6-7-23(10-12)14-5-4-11(19)8-13(14)22-15(20)9-18/h4-5,8,12H,6-7,9-10H2,1-3H3,(H2,20,22)(H,21,24). The number of amides is 1. The number of carbonyl (C=O) groups is 1. The van der Waals surface area contributed by atoms with Crippen molar-refractivity contribution in [3.8, 4) is 0 Å². The second-order valence-corrected chi connectivity index (χ2v) is 7.21. The molecule has 0 aliphatic carbocycles. The number of ether oxygens (including phenoxy) is 1. The van der Waals surface area contributed by atoms with E-state index in [-0.39, 0.29) is 17.8 Å². The fourth-order valence-corrected chi connectivity index (χ4v) is 2.67. The molecule has 1 fully saturated rings. The number of hydrogen-bond donors (Lipinski definition) is 2. The Kier molecular flexibility index (Phi) is 6.11. The molecule has 1 atom stereocenters. The summed E-state index contributed by atoms with van der Waals surface area (Å²) in [4.78, 5) is 18.1. The fraction of sp³-hybridized carbons (Fsp3) is 0.529. The van der Waals surface area contributed by atoms with Gasteiger partial charge in [-0.05, 0) is 39.3 Å². The second-order valence-electron chi connectivity index (χ2n) is 6.95. The van der Waals surface area contributed by atoms with E-state index in [4.69, 9.17) is 22.1 Å². The molecule has 3 N–H and O–H groups in total. The molecule has 1 unspecified atom stereocenters. The summed E-state index contributed by atoms with van der Waals surface area (Å²) in [5, 5.41) is 2.86. The molecule has 8 heteroatoms. The molecule has 1 aliphatic rings. The van der Waals surface area contributed by atoms with Gasteiger partial charge >= 0.3 is 6.09 Å². The van der Waals surface area contributed by atoms with Gasteiger partial charge in [0.05, 0.1) is 23.3 Å². The highest BCUT2D eigenvalue weighted by Crippen LogP contribution is 2.32. The van der Waals surface area contributed by atoms with Crippen LogP contribution in [0.5, 0.6) is 0 Å². The summed E-state index contributed by atoms with van der Waals surface area (Å²) < 4.78 is 18.8. The highest BCUT2D eigenvalue weighted by Gasteiger charge is 2.27. The van der Waals surface area contributed by atoms with Gasteiger partial charge in [0.25, 0.3) is 0 Å². The van der Waals surface area contributed by atoms with Crippen LogP contribution in [0.2, 0.25) is 0 Å². The van der Waals surface area contributed by atoms with Crippen molar-refractivity contribution < 1.29 is 13.9 Å². The molecule has 138 valence electrons. The fourth-order valence-electron chi connectivity index (χ4n) is 2.61. The first-order valence-electron chi connectivity index (χ1n) is 8.11. The lowest BCUT2D eigenvalue weighted by molar-refractivity contribution is 0.0509. The van der Waals surface area contributed by atoms with E-state index < -0.39 is 17.5 Å². The maximum atomic E-state index is 13.6. The summed E-state index contributed by atoms with van der Waals surface area (Å²) in [5.41, 5.74) is 6.32. The molecule has 1 aromatic carbocycles. The maximum absolute atomic E-state index is 13.6. The highest BCUT2D eigenvalue weighted by atomic mass is 35.5. The molecule has 0 radical (unpaired) electrons. The number of carbonyl (C=O) groups excluding carboxylic acids is 1. The Hall–Kier alpha value is -2.02. The summed E-state index contributed by atoms with van der Waals surface area (Å²) in [6, 6.07) is 4.30. The van der Waals surface area contributed by atoms with Crippen LogP contribution in [-0.2, 0) is 4.74 Å². The summed E-state index contributed by atoms with van der Waals surface area (Å²) in [5.74, 6) is -0.109. The van der Waals surface area contributed by atoms with Crippen LogP contribution in [0.25, 0.3) is 0 Å². The summed E-state index contributed by atoms with van der Waals surface area (Å²) in [6.45, 7) is 6.73. The van der Waals surface area contributed by atoms with Crippen molar-refractivity contribution >= 4 is 34.9 Å². The quantitative estimate of drug-likeness (QED) is 0.484. The van der Waals surface area contributed by atoms with Crippen LogP contribution in [-0.4, -0.2) is 42.5 Å². The van der Waals surface area contributed by atoms with E-state index in [2.05, 4.69) is 10.3 Å². The Balaban J connectivity index is 2.08. The van der Waals surface area contributed by atoms with Crippen molar-refractivity contribution in [2.75, 3.05) is 23.9 Å².